The highest BCUT2D eigenvalue weighted by atomic mass is 79.9. The predicted molar refractivity (Wildman–Crippen MR) is 89.1 cm³/mol. The van der Waals surface area contributed by atoms with E-state index < -0.39 is 5.54 Å². The average Bonchev–Trinajstić information content (AvgIpc) is 3.11. The minimum Gasteiger partial charge on any atom is -0.481 e. The third-order valence-corrected chi connectivity index (χ3v) is 4.39. The summed E-state index contributed by atoms with van der Waals surface area (Å²) in [5, 5.41) is 4.05. The van der Waals surface area contributed by atoms with Crippen LogP contribution < -0.4 is 10.5 Å². The topological polar surface area (TPSA) is 74.2 Å². The van der Waals surface area contributed by atoms with Gasteiger partial charge in [0.15, 0.2) is 11.9 Å². The molecule has 0 radical (unpaired) electrons. The fraction of sp³-hybridized carbons (Fsp3) is 0.467. The van der Waals surface area contributed by atoms with Crippen LogP contribution in [-0.4, -0.2) is 10.1 Å². The largest absolute Gasteiger partial charge is 0.481 e. The van der Waals surface area contributed by atoms with E-state index >= 15 is 0 Å². The van der Waals surface area contributed by atoms with Crippen molar-refractivity contribution in [2.75, 3.05) is 0 Å². The van der Waals surface area contributed by atoms with Crippen molar-refractivity contribution in [1.82, 2.24) is 10.1 Å². The van der Waals surface area contributed by atoms with Gasteiger partial charge in [0.1, 0.15) is 5.75 Å². The number of ether oxygens (including phenoxy) is 1. The average molecular weight is 389 g/mol. The van der Waals surface area contributed by atoms with E-state index in [4.69, 9.17) is 15.0 Å². The lowest BCUT2D eigenvalue weighted by atomic mass is 9.99. The first-order valence-corrected chi connectivity index (χ1v) is 7.91. The van der Waals surface area contributed by atoms with Gasteiger partial charge in [-0.2, -0.15) is 4.98 Å². The highest BCUT2D eigenvalue weighted by Gasteiger charge is 2.36. The van der Waals surface area contributed by atoms with E-state index in [9.17, 15) is 0 Å². The van der Waals surface area contributed by atoms with E-state index in [0.29, 0.717) is 11.7 Å². The molecular formula is C15H19BrClN3O2. The zero-order valence-electron chi connectivity index (χ0n) is 12.3. The van der Waals surface area contributed by atoms with Crippen LogP contribution in [0.4, 0.5) is 0 Å². The third-order valence-electron chi connectivity index (χ3n) is 3.86. The van der Waals surface area contributed by atoms with Crippen molar-refractivity contribution in [2.45, 2.75) is 44.2 Å². The Kier molecular flexibility index (Phi) is 5.47. The molecule has 1 heterocycles. The molecule has 5 nitrogen and oxygen atoms in total. The van der Waals surface area contributed by atoms with Gasteiger partial charge in [0.05, 0.1) is 5.54 Å². The molecule has 1 saturated carbocycles. The van der Waals surface area contributed by atoms with Crippen molar-refractivity contribution in [2.24, 2.45) is 5.73 Å². The number of rotatable bonds is 4. The van der Waals surface area contributed by atoms with Crippen LogP contribution in [0.1, 0.15) is 50.4 Å². The molecule has 0 aliphatic heterocycles. The van der Waals surface area contributed by atoms with E-state index in [1.54, 1.807) is 0 Å². The van der Waals surface area contributed by atoms with Gasteiger partial charge in [0, 0.05) is 4.47 Å². The third kappa shape index (κ3) is 3.62. The maximum absolute atomic E-state index is 6.33. The Morgan fingerprint density at radius 3 is 2.55 bits per heavy atom. The molecule has 1 fully saturated rings. The van der Waals surface area contributed by atoms with E-state index in [1.807, 2.05) is 31.2 Å². The molecule has 1 aromatic heterocycles. The fourth-order valence-electron chi connectivity index (χ4n) is 2.60. The molecule has 1 aliphatic rings. The monoisotopic (exact) mass is 387 g/mol. The Morgan fingerprint density at radius 2 is 1.91 bits per heavy atom. The Balaban J connectivity index is 0.00000176. The maximum Gasteiger partial charge on any atom is 0.267 e. The molecule has 1 unspecified atom stereocenters. The summed E-state index contributed by atoms with van der Waals surface area (Å²) in [6, 6.07) is 7.63. The van der Waals surface area contributed by atoms with Gasteiger partial charge >= 0.3 is 0 Å². The summed E-state index contributed by atoms with van der Waals surface area (Å²) < 4.78 is 12.1. The molecule has 0 bridgehead atoms. The predicted octanol–water partition coefficient (Wildman–Crippen LogP) is 4.12. The van der Waals surface area contributed by atoms with Crippen molar-refractivity contribution in [3.8, 4) is 5.75 Å². The molecule has 0 amide bonds. The van der Waals surface area contributed by atoms with E-state index in [1.165, 1.54) is 0 Å². The molecule has 1 atom stereocenters. The second kappa shape index (κ2) is 6.98. The van der Waals surface area contributed by atoms with Crippen molar-refractivity contribution in [1.29, 1.82) is 0 Å². The van der Waals surface area contributed by atoms with Gasteiger partial charge in [-0.05, 0) is 44.0 Å². The highest BCUT2D eigenvalue weighted by molar-refractivity contribution is 9.10. The number of hydrogen-bond donors (Lipinski definition) is 1. The summed E-state index contributed by atoms with van der Waals surface area (Å²) in [5.41, 5.74) is 5.90. The summed E-state index contributed by atoms with van der Waals surface area (Å²) in [5.74, 6) is 1.82. The quantitative estimate of drug-likeness (QED) is 0.852. The summed E-state index contributed by atoms with van der Waals surface area (Å²) >= 11 is 3.39. The zero-order chi connectivity index (χ0) is 14.9. The molecule has 0 saturated heterocycles. The molecule has 22 heavy (non-hydrogen) atoms. The van der Waals surface area contributed by atoms with Crippen molar-refractivity contribution in [3.05, 3.63) is 40.5 Å². The normalized spacial score (nSPS) is 17.8. The lowest BCUT2D eigenvalue weighted by Gasteiger charge is -2.17. The van der Waals surface area contributed by atoms with Gasteiger partial charge < -0.3 is 15.0 Å². The summed E-state index contributed by atoms with van der Waals surface area (Å²) in [6.45, 7) is 1.89. The number of nitrogens with two attached hydrogens (primary N) is 1. The van der Waals surface area contributed by atoms with Crippen LogP contribution >= 0.6 is 28.3 Å². The van der Waals surface area contributed by atoms with Crippen LogP contribution in [0.5, 0.6) is 5.75 Å². The van der Waals surface area contributed by atoms with Gasteiger partial charge in [-0.25, -0.2) is 0 Å². The lowest BCUT2D eigenvalue weighted by Crippen LogP contribution is -2.34. The van der Waals surface area contributed by atoms with Crippen LogP contribution in [0.2, 0.25) is 0 Å². The summed E-state index contributed by atoms with van der Waals surface area (Å²) in [7, 11) is 0. The van der Waals surface area contributed by atoms with Crippen molar-refractivity contribution >= 4 is 28.3 Å². The molecular weight excluding hydrogens is 370 g/mol. The zero-order valence-corrected chi connectivity index (χ0v) is 14.7. The molecule has 1 aliphatic carbocycles. The minimum absolute atomic E-state index is 0. The SMILES string of the molecule is CC(Oc1ccc(Br)cc1)c1nc(C2(N)CCCC2)no1.Cl. The lowest BCUT2D eigenvalue weighted by molar-refractivity contribution is 0.175. The standard InChI is InChI=1S/C15H18BrN3O2.ClH/c1-10(20-12-6-4-11(16)5-7-12)13-18-14(19-21-13)15(17)8-2-3-9-15;/h4-7,10H,2-3,8-9,17H2,1H3;1H. The van der Waals surface area contributed by atoms with Gasteiger partial charge in [0.25, 0.3) is 5.89 Å². The molecule has 0 spiro atoms. The van der Waals surface area contributed by atoms with Crippen LogP contribution in [0, 0.1) is 0 Å². The van der Waals surface area contributed by atoms with Crippen molar-refractivity contribution < 1.29 is 9.26 Å². The molecule has 1 aromatic carbocycles. The fourth-order valence-corrected chi connectivity index (χ4v) is 2.86. The molecule has 3 rings (SSSR count). The second-order valence-corrected chi connectivity index (χ2v) is 6.45. The Hall–Kier alpha value is -1.11. The molecule has 2 N–H and O–H groups in total. The first kappa shape index (κ1) is 17.2. The van der Waals surface area contributed by atoms with Gasteiger partial charge in [0.2, 0.25) is 0 Å². The summed E-state index contributed by atoms with van der Waals surface area (Å²) in [6.07, 6.45) is 3.75. The number of halogens is 2. The van der Waals surface area contributed by atoms with Crippen LogP contribution in [0.25, 0.3) is 0 Å². The summed E-state index contributed by atoms with van der Waals surface area (Å²) in [4.78, 5) is 4.44. The van der Waals surface area contributed by atoms with Crippen LogP contribution in [0.15, 0.2) is 33.3 Å². The number of benzene rings is 1. The minimum atomic E-state index is -0.431. The Bertz CT molecular complexity index is 612. The Labute approximate surface area is 144 Å². The second-order valence-electron chi connectivity index (χ2n) is 5.53. The van der Waals surface area contributed by atoms with Gasteiger partial charge in [-0.15, -0.1) is 12.4 Å². The van der Waals surface area contributed by atoms with Crippen molar-refractivity contribution in [3.63, 3.8) is 0 Å². The number of nitrogens with zero attached hydrogens (tertiary/aromatic N) is 2. The molecule has 120 valence electrons. The number of aromatic nitrogens is 2. The highest BCUT2D eigenvalue weighted by Crippen LogP contribution is 2.35. The molecule has 2 aromatic rings. The maximum atomic E-state index is 6.33. The van der Waals surface area contributed by atoms with E-state index in [-0.39, 0.29) is 18.5 Å². The first-order chi connectivity index (χ1) is 10.1. The van der Waals surface area contributed by atoms with Gasteiger partial charge in [-0.1, -0.05) is 33.9 Å². The van der Waals surface area contributed by atoms with E-state index in [2.05, 4.69) is 26.1 Å². The van der Waals surface area contributed by atoms with E-state index in [0.717, 1.165) is 35.9 Å². The van der Waals surface area contributed by atoms with Crippen LogP contribution in [0.3, 0.4) is 0 Å². The molecule has 7 heteroatoms. The number of hydrogen-bond acceptors (Lipinski definition) is 5. The first-order valence-electron chi connectivity index (χ1n) is 7.12. The van der Waals surface area contributed by atoms with Gasteiger partial charge in [-0.3, -0.25) is 0 Å². The smallest absolute Gasteiger partial charge is 0.267 e. The Morgan fingerprint density at radius 1 is 1.27 bits per heavy atom. The van der Waals surface area contributed by atoms with Crippen LogP contribution in [-0.2, 0) is 5.54 Å².